The molecule has 0 aromatic heterocycles. The van der Waals surface area contributed by atoms with Crippen LogP contribution in [-0.4, -0.2) is 27.6 Å². The predicted octanol–water partition coefficient (Wildman–Crippen LogP) is 3.91. The van der Waals surface area contributed by atoms with E-state index in [1.54, 1.807) is 11.0 Å². The number of amides is 1. The molecular formula is C22H20N2O3. The first-order valence-electron chi connectivity index (χ1n) is 8.86. The Kier molecular flexibility index (Phi) is 4.42. The zero-order valence-corrected chi connectivity index (χ0v) is 14.7. The van der Waals surface area contributed by atoms with E-state index in [4.69, 9.17) is 0 Å². The fourth-order valence-corrected chi connectivity index (χ4v) is 3.39. The van der Waals surface area contributed by atoms with Gasteiger partial charge in [0.15, 0.2) is 11.5 Å². The molecule has 1 amide bonds. The Morgan fingerprint density at radius 3 is 2.41 bits per heavy atom. The zero-order valence-electron chi connectivity index (χ0n) is 14.7. The molecule has 4 rings (SSSR count). The lowest BCUT2D eigenvalue weighted by Crippen LogP contribution is -2.43. The molecule has 1 unspecified atom stereocenters. The molecule has 136 valence electrons. The van der Waals surface area contributed by atoms with E-state index in [1.807, 2.05) is 54.6 Å². The average Bonchev–Trinajstić information content (AvgIpc) is 2.70. The van der Waals surface area contributed by atoms with Crippen molar-refractivity contribution in [3.05, 3.63) is 89.5 Å². The topological polar surface area (TPSA) is 72.8 Å². The second-order valence-electron chi connectivity index (χ2n) is 6.57. The van der Waals surface area contributed by atoms with Gasteiger partial charge in [-0.25, -0.2) is 0 Å². The number of hydrogen-bond donors (Lipinski definition) is 3. The minimum atomic E-state index is -0.428. The maximum absolute atomic E-state index is 13.1. The molecule has 3 aromatic rings. The van der Waals surface area contributed by atoms with E-state index < -0.39 is 6.17 Å². The van der Waals surface area contributed by atoms with Crippen LogP contribution in [-0.2, 0) is 6.42 Å². The number of rotatable bonds is 4. The van der Waals surface area contributed by atoms with E-state index in [9.17, 15) is 15.0 Å². The Balaban J connectivity index is 1.69. The molecule has 1 atom stereocenters. The number of anilines is 1. The summed E-state index contributed by atoms with van der Waals surface area (Å²) in [7, 11) is 0. The van der Waals surface area contributed by atoms with Gasteiger partial charge >= 0.3 is 0 Å². The Hall–Kier alpha value is -3.47. The van der Waals surface area contributed by atoms with E-state index in [0.717, 1.165) is 17.7 Å². The standard InChI is InChI=1S/C22H20N2O3/c25-19-11-10-16(14-20(19)26)21-23-18-9-5-4-8-17(18)22(27)24(21)13-12-15-6-2-1-3-7-15/h1-11,14,21,23,25-26H,12-13H2. The number of benzene rings is 3. The number of aromatic hydroxyl groups is 2. The number of hydrogen-bond acceptors (Lipinski definition) is 4. The van der Waals surface area contributed by atoms with Crippen LogP contribution in [0, 0.1) is 0 Å². The van der Waals surface area contributed by atoms with Gasteiger partial charge in [-0.05, 0) is 41.8 Å². The number of carbonyl (C=O) groups is 1. The minimum absolute atomic E-state index is 0.0576. The number of phenolic OH excluding ortho intramolecular Hbond substituents is 2. The highest BCUT2D eigenvalue weighted by Crippen LogP contribution is 2.36. The summed E-state index contributed by atoms with van der Waals surface area (Å²) < 4.78 is 0. The molecule has 0 aliphatic carbocycles. The van der Waals surface area contributed by atoms with Gasteiger partial charge in [0.1, 0.15) is 6.17 Å². The highest BCUT2D eigenvalue weighted by molar-refractivity contribution is 6.01. The molecule has 1 heterocycles. The van der Waals surface area contributed by atoms with E-state index in [-0.39, 0.29) is 17.4 Å². The third kappa shape index (κ3) is 3.31. The fourth-order valence-electron chi connectivity index (χ4n) is 3.39. The minimum Gasteiger partial charge on any atom is -0.504 e. The van der Waals surface area contributed by atoms with Crippen molar-refractivity contribution < 1.29 is 15.0 Å². The lowest BCUT2D eigenvalue weighted by molar-refractivity contribution is 0.0685. The first-order chi connectivity index (χ1) is 13.1. The fraction of sp³-hybridized carbons (Fsp3) is 0.136. The maximum atomic E-state index is 13.1. The summed E-state index contributed by atoms with van der Waals surface area (Å²) in [5, 5.41) is 22.9. The lowest BCUT2D eigenvalue weighted by Gasteiger charge is -2.38. The number of phenols is 2. The largest absolute Gasteiger partial charge is 0.504 e. The molecule has 0 radical (unpaired) electrons. The second kappa shape index (κ2) is 7.03. The van der Waals surface area contributed by atoms with Crippen LogP contribution in [0.25, 0.3) is 0 Å². The van der Waals surface area contributed by atoms with Gasteiger partial charge in [0.2, 0.25) is 0 Å². The Labute approximate surface area is 157 Å². The first-order valence-corrected chi connectivity index (χ1v) is 8.86. The van der Waals surface area contributed by atoms with Gasteiger partial charge in [0.25, 0.3) is 5.91 Å². The van der Waals surface area contributed by atoms with E-state index in [0.29, 0.717) is 17.7 Å². The number of nitrogens with zero attached hydrogens (tertiary/aromatic N) is 1. The summed E-state index contributed by atoms with van der Waals surface area (Å²) >= 11 is 0. The van der Waals surface area contributed by atoms with Gasteiger partial charge in [0.05, 0.1) is 5.56 Å². The summed E-state index contributed by atoms with van der Waals surface area (Å²) in [5.74, 6) is -0.446. The molecule has 0 fully saturated rings. The van der Waals surface area contributed by atoms with Crippen molar-refractivity contribution >= 4 is 11.6 Å². The Morgan fingerprint density at radius 2 is 1.63 bits per heavy atom. The maximum Gasteiger partial charge on any atom is 0.257 e. The average molecular weight is 360 g/mol. The van der Waals surface area contributed by atoms with Crippen LogP contribution in [0.3, 0.4) is 0 Å². The normalized spacial score (nSPS) is 15.9. The summed E-state index contributed by atoms with van der Waals surface area (Å²) in [6.07, 6.45) is 0.291. The molecule has 5 heteroatoms. The lowest BCUT2D eigenvalue weighted by atomic mass is 10.0. The third-order valence-corrected chi connectivity index (χ3v) is 4.82. The monoisotopic (exact) mass is 360 g/mol. The van der Waals surface area contributed by atoms with Crippen LogP contribution in [0.2, 0.25) is 0 Å². The first kappa shape index (κ1) is 17.0. The quantitative estimate of drug-likeness (QED) is 0.617. The molecule has 5 nitrogen and oxygen atoms in total. The molecular weight excluding hydrogens is 340 g/mol. The smallest absolute Gasteiger partial charge is 0.257 e. The summed E-state index contributed by atoms with van der Waals surface area (Å²) in [6, 6.07) is 22.1. The zero-order chi connectivity index (χ0) is 18.8. The van der Waals surface area contributed by atoms with Gasteiger partial charge in [-0.2, -0.15) is 0 Å². The van der Waals surface area contributed by atoms with Crippen molar-refractivity contribution in [2.24, 2.45) is 0 Å². The van der Waals surface area contributed by atoms with E-state index in [2.05, 4.69) is 5.32 Å². The Bertz CT molecular complexity index is 972. The molecule has 0 saturated carbocycles. The highest BCUT2D eigenvalue weighted by atomic mass is 16.3. The van der Waals surface area contributed by atoms with Gasteiger partial charge < -0.3 is 20.4 Å². The number of carbonyl (C=O) groups excluding carboxylic acids is 1. The Morgan fingerprint density at radius 1 is 0.889 bits per heavy atom. The highest BCUT2D eigenvalue weighted by Gasteiger charge is 2.32. The molecule has 1 aliphatic rings. The van der Waals surface area contributed by atoms with E-state index >= 15 is 0 Å². The van der Waals surface area contributed by atoms with Crippen molar-refractivity contribution in [3.63, 3.8) is 0 Å². The van der Waals surface area contributed by atoms with Crippen molar-refractivity contribution in [2.45, 2.75) is 12.6 Å². The molecule has 27 heavy (non-hydrogen) atoms. The number of nitrogens with one attached hydrogen (secondary N) is 1. The van der Waals surface area contributed by atoms with Crippen molar-refractivity contribution in [3.8, 4) is 11.5 Å². The summed E-state index contributed by atoms with van der Waals surface area (Å²) in [6.45, 7) is 0.524. The third-order valence-electron chi connectivity index (χ3n) is 4.82. The van der Waals surface area contributed by atoms with Crippen molar-refractivity contribution in [1.29, 1.82) is 0 Å². The van der Waals surface area contributed by atoms with Crippen LogP contribution < -0.4 is 5.32 Å². The molecule has 0 bridgehead atoms. The second-order valence-corrected chi connectivity index (χ2v) is 6.57. The SMILES string of the molecule is O=C1c2ccccc2NC(c2ccc(O)c(O)c2)N1CCc1ccccc1. The van der Waals surface area contributed by atoms with Crippen LogP contribution in [0.1, 0.15) is 27.7 Å². The number of para-hydroxylation sites is 1. The number of fused-ring (bicyclic) bond motifs is 1. The van der Waals surface area contributed by atoms with Crippen LogP contribution in [0.4, 0.5) is 5.69 Å². The molecule has 0 spiro atoms. The predicted molar refractivity (Wildman–Crippen MR) is 104 cm³/mol. The molecule has 1 aliphatic heterocycles. The van der Waals surface area contributed by atoms with Crippen molar-refractivity contribution in [2.75, 3.05) is 11.9 Å². The summed E-state index contributed by atoms with van der Waals surface area (Å²) in [4.78, 5) is 14.9. The van der Waals surface area contributed by atoms with Crippen LogP contribution >= 0.6 is 0 Å². The van der Waals surface area contributed by atoms with Crippen LogP contribution in [0.5, 0.6) is 11.5 Å². The van der Waals surface area contributed by atoms with Gasteiger partial charge in [-0.1, -0.05) is 48.5 Å². The van der Waals surface area contributed by atoms with Gasteiger partial charge in [0, 0.05) is 12.2 Å². The molecule has 3 N–H and O–H groups in total. The van der Waals surface area contributed by atoms with Gasteiger partial charge in [-0.3, -0.25) is 4.79 Å². The van der Waals surface area contributed by atoms with E-state index in [1.165, 1.54) is 12.1 Å². The molecule has 0 saturated heterocycles. The summed E-state index contributed by atoms with van der Waals surface area (Å²) in [5.41, 5.74) is 3.25. The van der Waals surface area contributed by atoms with Crippen molar-refractivity contribution in [1.82, 2.24) is 4.90 Å². The van der Waals surface area contributed by atoms with Crippen LogP contribution in [0.15, 0.2) is 72.8 Å². The van der Waals surface area contributed by atoms with Gasteiger partial charge in [-0.15, -0.1) is 0 Å². The molecule has 3 aromatic carbocycles.